The second kappa shape index (κ2) is 8.81. The number of pyridine rings is 1. The van der Waals surface area contributed by atoms with E-state index < -0.39 is 32.4 Å². The van der Waals surface area contributed by atoms with Crippen LogP contribution in [0.3, 0.4) is 0 Å². The molecule has 180 valence electrons. The number of carbonyl (C=O) groups is 1. The molecule has 15 heteroatoms. The van der Waals surface area contributed by atoms with E-state index in [1.54, 1.807) is 30.1 Å². The average molecular weight is 494 g/mol. The van der Waals surface area contributed by atoms with Gasteiger partial charge in [0.1, 0.15) is 31.8 Å². The summed E-state index contributed by atoms with van der Waals surface area (Å²) >= 11 is 0. The quantitative estimate of drug-likeness (QED) is 0.460. The second-order valence-electron chi connectivity index (χ2n) is 8.00. The summed E-state index contributed by atoms with van der Waals surface area (Å²) in [4.78, 5) is 37.0. The van der Waals surface area contributed by atoms with Crippen molar-refractivity contribution in [3.63, 3.8) is 0 Å². The molecule has 4 rings (SSSR count). The van der Waals surface area contributed by atoms with Crippen molar-refractivity contribution >= 4 is 31.4 Å². The zero-order chi connectivity index (χ0) is 24.7. The summed E-state index contributed by atoms with van der Waals surface area (Å²) in [6.45, 7) is -0.526. The van der Waals surface area contributed by atoms with Crippen LogP contribution in [0.5, 0.6) is 0 Å². The lowest BCUT2D eigenvalue weighted by atomic mass is 10.1. The van der Waals surface area contributed by atoms with Gasteiger partial charge in [-0.1, -0.05) is 0 Å². The molecule has 3 heterocycles. The molecular formula is C19H22FN7O6P+. The molecule has 1 aromatic heterocycles. The number of rotatable bonds is 6. The van der Waals surface area contributed by atoms with Gasteiger partial charge >= 0.3 is 19.9 Å². The molecule has 0 bridgehead atoms. The number of carbonyl (C=O) groups excluding carboxylic acids is 1. The highest BCUT2D eigenvalue weighted by atomic mass is 31.2. The number of phosphoric ester groups is 1. The van der Waals surface area contributed by atoms with Crippen molar-refractivity contribution in [2.45, 2.75) is 6.10 Å². The summed E-state index contributed by atoms with van der Waals surface area (Å²) in [6, 6.07) is 7.66. The monoisotopic (exact) mass is 494 g/mol. The highest BCUT2D eigenvalue weighted by Gasteiger charge is 2.35. The molecular weight excluding hydrogens is 472 g/mol. The van der Waals surface area contributed by atoms with Gasteiger partial charge < -0.3 is 14.5 Å². The van der Waals surface area contributed by atoms with Gasteiger partial charge in [-0.3, -0.25) is 14.3 Å². The molecule has 1 fully saturated rings. The van der Waals surface area contributed by atoms with Gasteiger partial charge in [-0.2, -0.15) is 0 Å². The molecule has 0 spiro atoms. The van der Waals surface area contributed by atoms with E-state index in [-0.39, 0.29) is 22.4 Å². The normalized spacial score (nSPS) is 19.4. The van der Waals surface area contributed by atoms with Gasteiger partial charge in [-0.25, -0.2) is 18.7 Å². The SMILES string of the molecule is CN(C1=NN=N[N+]1(C)C)c1ccc(-c2ccc(N3CC(COP(=O)(O)O)OC3=O)cc2F)cn1. The first-order chi connectivity index (χ1) is 15.9. The number of amides is 1. The summed E-state index contributed by atoms with van der Waals surface area (Å²) in [5, 5.41) is 11.7. The van der Waals surface area contributed by atoms with E-state index in [9.17, 15) is 13.8 Å². The molecule has 2 N–H and O–H groups in total. The van der Waals surface area contributed by atoms with Crippen LogP contribution in [0.25, 0.3) is 11.1 Å². The number of halogens is 1. The van der Waals surface area contributed by atoms with Crippen LogP contribution >= 0.6 is 7.82 Å². The first kappa shape index (κ1) is 23.9. The summed E-state index contributed by atoms with van der Waals surface area (Å²) in [7, 11) is 0.721. The van der Waals surface area contributed by atoms with Gasteiger partial charge in [0.25, 0.3) is 0 Å². The Bertz CT molecular complexity index is 1220. The number of hydrogen-bond donors (Lipinski definition) is 2. The first-order valence-electron chi connectivity index (χ1n) is 9.97. The molecule has 13 nitrogen and oxygen atoms in total. The zero-order valence-corrected chi connectivity index (χ0v) is 19.3. The highest BCUT2D eigenvalue weighted by molar-refractivity contribution is 7.46. The topological polar surface area (TPSA) is 150 Å². The third-order valence-electron chi connectivity index (χ3n) is 5.16. The Morgan fingerprint density at radius 1 is 1.32 bits per heavy atom. The third-order valence-corrected chi connectivity index (χ3v) is 5.64. The van der Waals surface area contributed by atoms with Crippen LogP contribution in [0, 0.1) is 5.82 Å². The highest BCUT2D eigenvalue weighted by Crippen LogP contribution is 2.37. The number of aromatic nitrogens is 1. The van der Waals surface area contributed by atoms with E-state index >= 15 is 0 Å². The van der Waals surface area contributed by atoms with Crippen LogP contribution in [-0.4, -0.2) is 71.8 Å². The van der Waals surface area contributed by atoms with Crippen molar-refractivity contribution in [1.29, 1.82) is 0 Å². The number of nitrogens with zero attached hydrogens (tertiary/aromatic N) is 7. The van der Waals surface area contributed by atoms with Gasteiger partial charge in [-0.15, -0.1) is 4.59 Å². The van der Waals surface area contributed by atoms with E-state index in [2.05, 4.69) is 25.1 Å². The maximum Gasteiger partial charge on any atom is 0.469 e. The molecule has 1 unspecified atom stereocenters. The van der Waals surface area contributed by atoms with Gasteiger partial charge in [0, 0.05) is 29.6 Å². The average Bonchev–Trinajstić information content (AvgIpc) is 3.32. The number of ether oxygens (including phenoxy) is 1. The van der Waals surface area contributed by atoms with E-state index in [4.69, 9.17) is 14.5 Å². The maximum absolute atomic E-state index is 14.9. The molecule has 0 saturated carbocycles. The summed E-state index contributed by atoms with van der Waals surface area (Å²) < 4.78 is 35.3. The fourth-order valence-electron chi connectivity index (χ4n) is 3.50. The van der Waals surface area contributed by atoms with E-state index in [0.717, 1.165) is 4.90 Å². The van der Waals surface area contributed by atoms with E-state index in [1.165, 1.54) is 18.3 Å². The van der Waals surface area contributed by atoms with Gasteiger partial charge in [-0.05, 0) is 35.4 Å². The van der Waals surface area contributed by atoms with Crippen LogP contribution in [0.1, 0.15) is 0 Å². The van der Waals surface area contributed by atoms with Crippen molar-refractivity contribution in [2.24, 2.45) is 15.5 Å². The van der Waals surface area contributed by atoms with Crippen LogP contribution < -0.4 is 9.80 Å². The van der Waals surface area contributed by atoms with Crippen molar-refractivity contribution < 1.29 is 37.4 Å². The minimum Gasteiger partial charge on any atom is -0.441 e. The molecule has 1 amide bonds. The minimum atomic E-state index is -4.70. The lowest BCUT2D eigenvalue weighted by molar-refractivity contribution is -0.808. The minimum absolute atomic E-state index is 0.0441. The van der Waals surface area contributed by atoms with Crippen molar-refractivity contribution in [2.75, 3.05) is 44.1 Å². The van der Waals surface area contributed by atoms with Crippen LogP contribution in [0.15, 0.2) is 52.1 Å². The number of hydrogen-bond acceptors (Lipinski definition) is 9. The van der Waals surface area contributed by atoms with Crippen LogP contribution in [-0.2, 0) is 13.8 Å². The maximum atomic E-state index is 14.9. The number of cyclic esters (lactones) is 1. The molecule has 34 heavy (non-hydrogen) atoms. The largest absolute Gasteiger partial charge is 0.469 e. The molecule has 1 aromatic carbocycles. The van der Waals surface area contributed by atoms with Gasteiger partial charge in [0.2, 0.25) is 0 Å². The number of phosphoric acid groups is 1. The lowest BCUT2D eigenvalue weighted by Crippen LogP contribution is -2.47. The molecule has 1 saturated heterocycles. The van der Waals surface area contributed by atoms with Gasteiger partial charge in [0.05, 0.1) is 24.1 Å². The Morgan fingerprint density at radius 3 is 2.68 bits per heavy atom. The molecule has 2 aliphatic rings. The Hall–Kier alpha value is -3.29. The molecule has 0 radical (unpaired) electrons. The van der Waals surface area contributed by atoms with Gasteiger partial charge in [0.15, 0.2) is 0 Å². The Balaban J connectivity index is 1.47. The lowest BCUT2D eigenvalue weighted by Gasteiger charge is -2.23. The van der Waals surface area contributed by atoms with E-state index in [0.29, 0.717) is 17.3 Å². The second-order valence-corrected chi connectivity index (χ2v) is 9.24. The van der Waals surface area contributed by atoms with Crippen LogP contribution in [0.4, 0.5) is 20.7 Å². The molecule has 2 aromatic rings. The summed E-state index contributed by atoms with van der Waals surface area (Å²) in [5.74, 6) is 0.554. The predicted molar refractivity (Wildman–Crippen MR) is 118 cm³/mol. The predicted octanol–water partition coefficient (Wildman–Crippen LogP) is 2.49. The first-order valence-corrected chi connectivity index (χ1v) is 11.5. The number of benzene rings is 1. The number of quaternary nitrogens is 1. The van der Waals surface area contributed by atoms with Crippen LogP contribution in [0.2, 0.25) is 0 Å². The standard InChI is InChI=1S/C19H21FN7O6P/c1-25(18-22-23-24-27(18,2)3)17-7-4-12(9-21-17)15-6-5-13(8-16(15)20)26-10-14(33-19(26)28)11-32-34(29,30)31/h4-9,14H,10-11H2,1-3H3,(H-,29,30,31)/p+1. The smallest absolute Gasteiger partial charge is 0.441 e. The Kier molecular flexibility index (Phi) is 6.18. The summed E-state index contributed by atoms with van der Waals surface area (Å²) in [6.07, 6.45) is -0.145. The fourth-order valence-corrected chi connectivity index (χ4v) is 3.86. The summed E-state index contributed by atoms with van der Waals surface area (Å²) in [5.41, 5.74) is 1.04. The zero-order valence-electron chi connectivity index (χ0n) is 18.4. The molecule has 0 aliphatic carbocycles. The fraction of sp³-hybridized carbons (Fsp3) is 0.316. The molecule has 2 aliphatic heterocycles. The number of guanidine groups is 1. The molecule has 1 atom stereocenters. The van der Waals surface area contributed by atoms with Crippen molar-refractivity contribution in [3.05, 3.63) is 42.3 Å². The Labute approximate surface area is 193 Å². The van der Waals surface area contributed by atoms with E-state index in [1.807, 2.05) is 14.1 Å². The van der Waals surface area contributed by atoms with Crippen molar-refractivity contribution in [1.82, 2.24) is 4.98 Å². The number of anilines is 2. The third kappa shape index (κ3) is 4.95. The Morgan fingerprint density at radius 2 is 2.09 bits per heavy atom. The van der Waals surface area contributed by atoms with Crippen molar-refractivity contribution in [3.8, 4) is 11.1 Å².